The van der Waals surface area contributed by atoms with Gasteiger partial charge < -0.3 is 4.98 Å². The second kappa shape index (κ2) is 3.18. The first kappa shape index (κ1) is 8.81. The van der Waals surface area contributed by atoms with Gasteiger partial charge in [0.1, 0.15) is 0 Å². The Labute approximate surface area is 82.0 Å². The highest BCUT2D eigenvalue weighted by Crippen LogP contribution is 2.18. The molecule has 3 nitrogen and oxygen atoms in total. The van der Waals surface area contributed by atoms with Crippen molar-refractivity contribution in [1.29, 1.82) is 0 Å². The van der Waals surface area contributed by atoms with Crippen LogP contribution in [-0.2, 0) is 7.05 Å². The predicted molar refractivity (Wildman–Crippen MR) is 56.2 cm³/mol. The van der Waals surface area contributed by atoms with Gasteiger partial charge in [0.05, 0.1) is 5.69 Å². The molecule has 0 aliphatic rings. The molecule has 2 rings (SSSR count). The summed E-state index contributed by atoms with van der Waals surface area (Å²) in [7, 11) is 1.76. The summed E-state index contributed by atoms with van der Waals surface area (Å²) in [6.45, 7) is 1.93. The van der Waals surface area contributed by atoms with Gasteiger partial charge in [0.25, 0.3) is 0 Å². The lowest BCUT2D eigenvalue weighted by Crippen LogP contribution is -2.12. The SMILES string of the molecule is Cc1c(-c2ccccc2)[nH]c(=O)n1C. The van der Waals surface area contributed by atoms with E-state index in [0.29, 0.717) is 0 Å². The Hall–Kier alpha value is -1.77. The van der Waals surface area contributed by atoms with E-state index in [2.05, 4.69) is 4.98 Å². The Kier molecular flexibility index (Phi) is 2.00. The summed E-state index contributed by atoms with van der Waals surface area (Å²) >= 11 is 0. The first-order valence-corrected chi connectivity index (χ1v) is 4.51. The van der Waals surface area contributed by atoms with Gasteiger partial charge in [-0.3, -0.25) is 4.57 Å². The molecule has 1 aromatic heterocycles. The third-order valence-electron chi connectivity index (χ3n) is 2.46. The summed E-state index contributed by atoms with van der Waals surface area (Å²) in [4.78, 5) is 14.2. The highest BCUT2D eigenvalue weighted by Gasteiger charge is 2.07. The van der Waals surface area contributed by atoms with E-state index < -0.39 is 0 Å². The normalized spacial score (nSPS) is 10.4. The second-order valence-electron chi connectivity index (χ2n) is 3.32. The molecule has 0 aliphatic heterocycles. The van der Waals surface area contributed by atoms with Crippen LogP contribution < -0.4 is 5.69 Å². The van der Waals surface area contributed by atoms with Crippen molar-refractivity contribution in [3.8, 4) is 11.3 Å². The monoisotopic (exact) mass is 188 g/mol. The van der Waals surface area contributed by atoms with Crippen LogP contribution in [-0.4, -0.2) is 9.55 Å². The molecule has 0 fully saturated rings. The van der Waals surface area contributed by atoms with Crippen molar-refractivity contribution in [2.24, 2.45) is 7.05 Å². The summed E-state index contributed by atoms with van der Waals surface area (Å²) in [5, 5.41) is 0. The minimum absolute atomic E-state index is 0.0682. The van der Waals surface area contributed by atoms with Gasteiger partial charge in [-0.05, 0) is 12.5 Å². The number of benzene rings is 1. The number of aromatic nitrogens is 2. The molecule has 1 aromatic carbocycles. The van der Waals surface area contributed by atoms with E-state index in [0.717, 1.165) is 17.0 Å². The number of nitrogens with one attached hydrogen (secondary N) is 1. The van der Waals surface area contributed by atoms with Gasteiger partial charge in [-0.15, -0.1) is 0 Å². The third-order valence-corrected chi connectivity index (χ3v) is 2.46. The first-order chi connectivity index (χ1) is 6.70. The van der Waals surface area contributed by atoms with Crippen LogP contribution in [0.5, 0.6) is 0 Å². The van der Waals surface area contributed by atoms with E-state index in [1.54, 1.807) is 11.6 Å². The highest BCUT2D eigenvalue weighted by molar-refractivity contribution is 5.61. The van der Waals surface area contributed by atoms with Crippen LogP contribution in [0.1, 0.15) is 5.69 Å². The average Bonchev–Trinajstić information content (AvgIpc) is 2.47. The van der Waals surface area contributed by atoms with Crippen molar-refractivity contribution < 1.29 is 0 Å². The van der Waals surface area contributed by atoms with Crippen molar-refractivity contribution in [3.05, 3.63) is 46.5 Å². The Morgan fingerprint density at radius 2 is 1.86 bits per heavy atom. The van der Waals surface area contributed by atoms with Crippen LogP contribution in [0.15, 0.2) is 35.1 Å². The highest BCUT2D eigenvalue weighted by atomic mass is 16.1. The molecule has 1 N–H and O–H groups in total. The Bertz CT molecular complexity index is 494. The Balaban J connectivity index is 2.64. The zero-order valence-electron chi connectivity index (χ0n) is 8.24. The lowest BCUT2D eigenvalue weighted by molar-refractivity contribution is 0.830. The molecule has 3 heteroatoms. The predicted octanol–water partition coefficient (Wildman–Crippen LogP) is 1.69. The molecule has 0 saturated heterocycles. The van der Waals surface area contributed by atoms with Crippen LogP contribution in [0, 0.1) is 6.92 Å². The fourth-order valence-electron chi connectivity index (χ4n) is 1.49. The van der Waals surface area contributed by atoms with Crippen molar-refractivity contribution in [3.63, 3.8) is 0 Å². The number of rotatable bonds is 1. The zero-order valence-corrected chi connectivity index (χ0v) is 8.24. The largest absolute Gasteiger partial charge is 0.325 e. The van der Waals surface area contributed by atoms with Gasteiger partial charge in [-0.25, -0.2) is 4.79 Å². The van der Waals surface area contributed by atoms with E-state index in [1.165, 1.54) is 0 Å². The molecular formula is C11H12N2O. The van der Waals surface area contributed by atoms with Gasteiger partial charge in [0, 0.05) is 12.7 Å². The van der Waals surface area contributed by atoms with Gasteiger partial charge >= 0.3 is 5.69 Å². The van der Waals surface area contributed by atoms with Gasteiger partial charge in [0.2, 0.25) is 0 Å². The number of imidazole rings is 1. The number of hydrogen-bond donors (Lipinski definition) is 1. The van der Waals surface area contributed by atoms with Crippen LogP contribution in [0.4, 0.5) is 0 Å². The van der Waals surface area contributed by atoms with Gasteiger partial charge in [0.15, 0.2) is 0 Å². The molecular weight excluding hydrogens is 176 g/mol. The van der Waals surface area contributed by atoms with E-state index in [1.807, 2.05) is 37.3 Å². The summed E-state index contributed by atoms with van der Waals surface area (Å²) in [5.74, 6) is 0. The second-order valence-corrected chi connectivity index (χ2v) is 3.32. The molecule has 2 aromatic rings. The van der Waals surface area contributed by atoms with E-state index in [-0.39, 0.29) is 5.69 Å². The molecule has 0 bridgehead atoms. The van der Waals surface area contributed by atoms with Crippen molar-refractivity contribution in [2.45, 2.75) is 6.92 Å². The maximum absolute atomic E-state index is 11.3. The number of hydrogen-bond acceptors (Lipinski definition) is 1. The topological polar surface area (TPSA) is 37.8 Å². The molecule has 0 aliphatic carbocycles. The maximum Gasteiger partial charge on any atom is 0.325 e. The van der Waals surface area contributed by atoms with Crippen LogP contribution in [0.3, 0.4) is 0 Å². The van der Waals surface area contributed by atoms with Crippen molar-refractivity contribution in [1.82, 2.24) is 9.55 Å². The van der Waals surface area contributed by atoms with Crippen molar-refractivity contribution in [2.75, 3.05) is 0 Å². The third kappa shape index (κ3) is 1.27. The van der Waals surface area contributed by atoms with Crippen LogP contribution >= 0.6 is 0 Å². The Morgan fingerprint density at radius 3 is 2.36 bits per heavy atom. The summed E-state index contributed by atoms with van der Waals surface area (Å²) in [5.41, 5.74) is 2.84. The molecule has 0 radical (unpaired) electrons. The molecule has 1 heterocycles. The summed E-state index contributed by atoms with van der Waals surface area (Å²) in [6.07, 6.45) is 0. The van der Waals surface area contributed by atoms with Crippen LogP contribution in [0.2, 0.25) is 0 Å². The summed E-state index contributed by atoms with van der Waals surface area (Å²) < 4.78 is 1.61. The molecule has 14 heavy (non-hydrogen) atoms. The smallest absolute Gasteiger partial charge is 0.305 e. The fraction of sp³-hybridized carbons (Fsp3) is 0.182. The van der Waals surface area contributed by atoms with Crippen LogP contribution in [0.25, 0.3) is 11.3 Å². The molecule has 72 valence electrons. The number of H-pyrrole nitrogens is 1. The molecule has 0 spiro atoms. The van der Waals surface area contributed by atoms with Gasteiger partial charge in [-0.2, -0.15) is 0 Å². The van der Waals surface area contributed by atoms with E-state index in [9.17, 15) is 4.79 Å². The van der Waals surface area contributed by atoms with E-state index >= 15 is 0 Å². The maximum atomic E-state index is 11.3. The lowest BCUT2D eigenvalue weighted by Gasteiger charge is -1.99. The quantitative estimate of drug-likeness (QED) is 0.726. The summed E-state index contributed by atoms with van der Waals surface area (Å²) in [6, 6.07) is 9.84. The molecule has 0 amide bonds. The minimum atomic E-state index is -0.0682. The zero-order chi connectivity index (χ0) is 10.1. The molecule has 0 unspecified atom stereocenters. The van der Waals surface area contributed by atoms with E-state index in [4.69, 9.17) is 0 Å². The minimum Gasteiger partial charge on any atom is -0.305 e. The fourth-order valence-corrected chi connectivity index (χ4v) is 1.49. The van der Waals surface area contributed by atoms with Gasteiger partial charge in [-0.1, -0.05) is 30.3 Å². The first-order valence-electron chi connectivity index (χ1n) is 4.51. The number of nitrogens with zero attached hydrogens (tertiary/aromatic N) is 1. The Morgan fingerprint density at radius 1 is 1.21 bits per heavy atom. The average molecular weight is 188 g/mol. The number of aromatic amines is 1. The molecule has 0 saturated carbocycles. The standard InChI is InChI=1S/C11H12N2O/c1-8-10(12-11(14)13(8)2)9-6-4-3-5-7-9/h3-7H,1-2H3,(H,12,14). The lowest BCUT2D eigenvalue weighted by atomic mass is 10.1. The van der Waals surface area contributed by atoms with Crippen molar-refractivity contribution >= 4 is 0 Å². The molecule has 0 atom stereocenters.